The van der Waals surface area contributed by atoms with E-state index in [9.17, 15) is 4.79 Å². The Morgan fingerprint density at radius 2 is 2.31 bits per heavy atom. The van der Waals surface area contributed by atoms with E-state index in [2.05, 4.69) is 12.2 Å². The Morgan fingerprint density at radius 3 is 3.12 bits per heavy atom. The lowest BCUT2D eigenvalue weighted by Gasteiger charge is -2.28. The quantitative estimate of drug-likeness (QED) is 0.745. The molecule has 3 aliphatic rings. The first-order chi connectivity index (χ1) is 7.77. The van der Waals surface area contributed by atoms with Crippen LogP contribution in [0.2, 0.25) is 0 Å². The number of carbonyl (C=O) groups excluding carboxylic acids is 1. The zero-order chi connectivity index (χ0) is 11.1. The molecular weight excluding hydrogens is 220 g/mol. The number of thioether (sulfide) groups is 1. The molecule has 1 amide bonds. The van der Waals surface area contributed by atoms with Gasteiger partial charge in [-0.05, 0) is 23.8 Å². The van der Waals surface area contributed by atoms with Crippen LogP contribution < -0.4 is 5.73 Å². The Bertz CT molecular complexity index is 523. The van der Waals surface area contributed by atoms with E-state index in [0.717, 1.165) is 16.4 Å². The van der Waals surface area contributed by atoms with Gasteiger partial charge in [-0.1, -0.05) is 6.08 Å². The summed E-state index contributed by atoms with van der Waals surface area (Å²) in [7, 11) is 0. The van der Waals surface area contributed by atoms with E-state index in [1.807, 2.05) is 23.4 Å². The van der Waals surface area contributed by atoms with Crippen LogP contribution in [0.3, 0.4) is 0 Å². The van der Waals surface area contributed by atoms with Crippen molar-refractivity contribution in [2.24, 2.45) is 5.73 Å². The maximum absolute atomic E-state index is 11.4. The molecule has 3 heterocycles. The highest BCUT2D eigenvalue weighted by Gasteiger charge is 2.27. The molecule has 80 valence electrons. The number of hydrogen-bond donors (Lipinski definition) is 1. The van der Waals surface area contributed by atoms with Gasteiger partial charge in [0.15, 0.2) is 0 Å². The van der Waals surface area contributed by atoms with E-state index >= 15 is 0 Å². The molecule has 0 radical (unpaired) electrons. The van der Waals surface area contributed by atoms with Crippen LogP contribution in [-0.2, 0) is 4.79 Å². The lowest BCUT2D eigenvalue weighted by Crippen LogP contribution is -2.26. The average molecular weight is 230 g/mol. The second-order valence-electron chi connectivity index (χ2n) is 3.66. The number of nitrogens with zero attached hydrogens (tertiary/aromatic N) is 1. The van der Waals surface area contributed by atoms with Gasteiger partial charge in [0.05, 0.1) is 11.3 Å². The normalized spacial score (nSPS) is 21.6. The number of rotatable bonds is 1. The molecular formula is C12H10N2OS. The molecule has 3 rings (SSSR count). The Morgan fingerprint density at radius 1 is 1.44 bits per heavy atom. The van der Waals surface area contributed by atoms with Crippen molar-refractivity contribution >= 4 is 17.7 Å². The number of primary amides is 1. The lowest BCUT2D eigenvalue weighted by atomic mass is 10.0. The zero-order valence-electron chi connectivity index (χ0n) is 8.51. The van der Waals surface area contributed by atoms with Gasteiger partial charge in [0.2, 0.25) is 0 Å². The van der Waals surface area contributed by atoms with Crippen LogP contribution in [0.5, 0.6) is 0 Å². The van der Waals surface area contributed by atoms with Crippen LogP contribution in [-0.4, -0.2) is 16.6 Å². The van der Waals surface area contributed by atoms with Gasteiger partial charge in [-0.3, -0.25) is 4.79 Å². The highest BCUT2D eigenvalue weighted by atomic mass is 32.2. The van der Waals surface area contributed by atoms with E-state index in [0.29, 0.717) is 5.57 Å². The molecule has 16 heavy (non-hydrogen) atoms. The third-order valence-electron chi connectivity index (χ3n) is 2.71. The molecule has 3 aliphatic heterocycles. The Hall–Kier alpha value is -1.68. The molecule has 3 nitrogen and oxygen atoms in total. The number of nitrogens with two attached hydrogens (primary N) is 1. The number of allylic oxidation sites excluding steroid dienone is 4. The first kappa shape index (κ1) is 9.54. The number of amides is 1. The van der Waals surface area contributed by atoms with Crippen LogP contribution in [0.1, 0.15) is 0 Å². The van der Waals surface area contributed by atoms with Crippen LogP contribution in [0.25, 0.3) is 0 Å². The van der Waals surface area contributed by atoms with Crippen LogP contribution in [0, 0.1) is 0 Å². The molecule has 2 N–H and O–H groups in total. The Kier molecular flexibility index (Phi) is 2.04. The highest BCUT2D eigenvalue weighted by molar-refractivity contribution is 8.03. The van der Waals surface area contributed by atoms with Gasteiger partial charge in [-0.25, -0.2) is 0 Å². The van der Waals surface area contributed by atoms with Crippen molar-refractivity contribution in [1.29, 1.82) is 0 Å². The van der Waals surface area contributed by atoms with Crippen molar-refractivity contribution in [2.45, 2.75) is 0 Å². The lowest BCUT2D eigenvalue weighted by molar-refractivity contribution is -0.114. The van der Waals surface area contributed by atoms with Gasteiger partial charge < -0.3 is 10.6 Å². The molecule has 0 aromatic heterocycles. The molecule has 0 bridgehead atoms. The van der Waals surface area contributed by atoms with Crippen molar-refractivity contribution in [3.8, 4) is 0 Å². The van der Waals surface area contributed by atoms with Gasteiger partial charge in [0, 0.05) is 23.1 Å². The van der Waals surface area contributed by atoms with Gasteiger partial charge >= 0.3 is 0 Å². The van der Waals surface area contributed by atoms with E-state index < -0.39 is 0 Å². The monoisotopic (exact) mass is 230 g/mol. The van der Waals surface area contributed by atoms with E-state index in [-0.39, 0.29) is 5.91 Å². The van der Waals surface area contributed by atoms with E-state index in [1.165, 1.54) is 5.57 Å². The molecule has 0 saturated heterocycles. The molecule has 0 unspecified atom stereocenters. The van der Waals surface area contributed by atoms with Crippen molar-refractivity contribution in [3.05, 3.63) is 58.5 Å². The number of fused-ring (bicyclic) bond motifs is 2. The zero-order valence-corrected chi connectivity index (χ0v) is 9.33. The minimum absolute atomic E-state index is 0.376. The van der Waals surface area contributed by atoms with Crippen LogP contribution >= 0.6 is 11.8 Å². The topological polar surface area (TPSA) is 46.3 Å². The maximum atomic E-state index is 11.4. The molecule has 0 atom stereocenters. The summed E-state index contributed by atoms with van der Waals surface area (Å²) in [5.74, 6) is 0.584. The van der Waals surface area contributed by atoms with Gasteiger partial charge in [0.1, 0.15) is 0 Å². The minimum atomic E-state index is -0.376. The largest absolute Gasteiger partial charge is 0.366 e. The SMILES string of the molecule is NC(=O)C1=CC=CN2C=CC3=CCSC3=C12. The number of hydrogen-bond acceptors (Lipinski definition) is 3. The standard InChI is InChI=1S/C12H10N2OS/c13-12(15)9-2-1-5-14-6-3-8-4-7-16-11(8)10(9)14/h1-6H,7H2,(H2,13,15). The van der Waals surface area contributed by atoms with Crippen LogP contribution in [0.4, 0.5) is 0 Å². The van der Waals surface area contributed by atoms with Crippen molar-refractivity contribution in [1.82, 2.24) is 4.90 Å². The summed E-state index contributed by atoms with van der Waals surface area (Å²) in [6.07, 6.45) is 11.7. The summed E-state index contributed by atoms with van der Waals surface area (Å²) in [5.41, 5.74) is 8.10. The molecule has 0 spiro atoms. The molecule has 0 aliphatic carbocycles. The highest BCUT2D eigenvalue weighted by Crippen LogP contribution is 2.42. The summed E-state index contributed by atoms with van der Waals surface area (Å²) in [6, 6.07) is 0. The van der Waals surface area contributed by atoms with Crippen LogP contribution in [0.15, 0.2) is 58.5 Å². The fourth-order valence-electron chi connectivity index (χ4n) is 1.99. The van der Waals surface area contributed by atoms with E-state index in [4.69, 9.17) is 5.73 Å². The van der Waals surface area contributed by atoms with Crippen molar-refractivity contribution in [2.75, 3.05) is 5.75 Å². The molecule has 0 saturated carbocycles. The summed E-state index contributed by atoms with van der Waals surface area (Å²) < 4.78 is 0. The fourth-order valence-corrected chi connectivity index (χ4v) is 3.09. The smallest absolute Gasteiger partial charge is 0.250 e. The second kappa shape index (κ2) is 3.42. The summed E-state index contributed by atoms with van der Waals surface area (Å²) in [5, 5.41) is 0. The van der Waals surface area contributed by atoms with E-state index in [1.54, 1.807) is 17.8 Å². The summed E-state index contributed by atoms with van der Waals surface area (Å²) in [4.78, 5) is 14.5. The molecule has 0 fully saturated rings. The van der Waals surface area contributed by atoms with Gasteiger partial charge in [-0.15, -0.1) is 11.8 Å². The van der Waals surface area contributed by atoms with Crippen molar-refractivity contribution in [3.63, 3.8) is 0 Å². The van der Waals surface area contributed by atoms with Gasteiger partial charge in [-0.2, -0.15) is 0 Å². The molecule has 0 aromatic carbocycles. The Labute approximate surface area is 97.7 Å². The van der Waals surface area contributed by atoms with Gasteiger partial charge in [0.25, 0.3) is 5.91 Å². The number of carbonyl (C=O) groups is 1. The fraction of sp³-hybridized carbons (Fsp3) is 0.0833. The Balaban J connectivity index is 2.18. The maximum Gasteiger partial charge on any atom is 0.250 e. The first-order valence-electron chi connectivity index (χ1n) is 5.00. The third-order valence-corrected chi connectivity index (χ3v) is 3.76. The van der Waals surface area contributed by atoms with Crippen molar-refractivity contribution < 1.29 is 4.79 Å². The average Bonchev–Trinajstić information content (AvgIpc) is 2.76. The first-order valence-corrected chi connectivity index (χ1v) is 5.99. The molecule has 4 heteroatoms. The molecule has 0 aromatic rings. The third kappa shape index (κ3) is 1.27. The predicted molar refractivity (Wildman–Crippen MR) is 65.0 cm³/mol. The summed E-state index contributed by atoms with van der Waals surface area (Å²) >= 11 is 1.74. The second-order valence-corrected chi connectivity index (χ2v) is 4.69. The predicted octanol–water partition coefficient (Wildman–Crippen LogP) is 1.64. The minimum Gasteiger partial charge on any atom is -0.366 e. The summed E-state index contributed by atoms with van der Waals surface area (Å²) in [6.45, 7) is 0.